The van der Waals surface area contributed by atoms with Crippen LogP contribution in [0.2, 0.25) is 0 Å². The Morgan fingerprint density at radius 1 is 1.00 bits per heavy atom. The third-order valence-corrected chi connectivity index (χ3v) is 6.04. The summed E-state index contributed by atoms with van der Waals surface area (Å²) in [6.07, 6.45) is 4.67. The number of aryl methyl sites for hydroxylation is 2. The summed E-state index contributed by atoms with van der Waals surface area (Å²) in [6.45, 7) is 3.62. The van der Waals surface area contributed by atoms with Crippen LogP contribution in [0.4, 0.5) is 0 Å². The maximum Gasteiger partial charge on any atom is 0.253 e. The van der Waals surface area contributed by atoms with Gasteiger partial charge < -0.3 is 8.94 Å². The summed E-state index contributed by atoms with van der Waals surface area (Å²) in [6, 6.07) is 21.2. The maximum atomic E-state index is 6.08. The lowest BCUT2D eigenvalue weighted by atomic mass is 10.0. The standard InChI is InChI=1S/C25H26N4O2/c1-18-23(24(28-31-18)20-11-6-3-7-12-20)25-27-26-22(30-25)17-29-16-8-13-21(29)15-14-19-9-4-2-5-10-19/h2-7,9-12,21H,8,13-17H2,1H3. The van der Waals surface area contributed by atoms with Crippen LogP contribution in [0.3, 0.4) is 0 Å². The van der Waals surface area contributed by atoms with Crippen LogP contribution in [0.5, 0.6) is 0 Å². The minimum absolute atomic E-state index is 0.465. The molecule has 6 heteroatoms. The molecule has 1 saturated heterocycles. The van der Waals surface area contributed by atoms with Crippen LogP contribution in [0.15, 0.2) is 69.6 Å². The second kappa shape index (κ2) is 8.86. The first kappa shape index (κ1) is 19.7. The monoisotopic (exact) mass is 414 g/mol. The summed E-state index contributed by atoms with van der Waals surface area (Å²) >= 11 is 0. The normalized spacial score (nSPS) is 16.7. The Bertz CT molecular complexity index is 1120. The Labute approximate surface area is 181 Å². The zero-order valence-corrected chi connectivity index (χ0v) is 17.7. The molecule has 1 aliphatic rings. The van der Waals surface area contributed by atoms with Crippen LogP contribution >= 0.6 is 0 Å². The molecule has 31 heavy (non-hydrogen) atoms. The molecule has 0 saturated carbocycles. The van der Waals surface area contributed by atoms with Gasteiger partial charge in [0.25, 0.3) is 5.89 Å². The first-order valence-electron chi connectivity index (χ1n) is 10.9. The molecule has 0 radical (unpaired) electrons. The lowest BCUT2D eigenvalue weighted by Crippen LogP contribution is -2.29. The Kier molecular flexibility index (Phi) is 5.63. The number of rotatable bonds is 7. The van der Waals surface area contributed by atoms with E-state index in [-0.39, 0.29) is 0 Å². The van der Waals surface area contributed by atoms with E-state index in [1.807, 2.05) is 37.3 Å². The smallest absolute Gasteiger partial charge is 0.253 e. The Hall–Kier alpha value is -3.25. The zero-order valence-electron chi connectivity index (χ0n) is 17.7. The highest BCUT2D eigenvalue weighted by Crippen LogP contribution is 2.33. The SMILES string of the molecule is Cc1onc(-c2ccccc2)c1-c1nnc(CN2CCCC2CCc2ccccc2)o1. The van der Waals surface area contributed by atoms with Crippen molar-refractivity contribution >= 4 is 0 Å². The Morgan fingerprint density at radius 3 is 2.58 bits per heavy atom. The van der Waals surface area contributed by atoms with Gasteiger partial charge in [0.2, 0.25) is 5.89 Å². The highest BCUT2D eigenvalue weighted by atomic mass is 16.5. The van der Waals surface area contributed by atoms with E-state index in [9.17, 15) is 0 Å². The van der Waals surface area contributed by atoms with E-state index in [0.29, 0.717) is 30.1 Å². The minimum Gasteiger partial charge on any atom is -0.419 e. The molecule has 0 spiro atoms. The van der Waals surface area contributed by atoms with E-state index in [1.165, 1.54) is 18.4 Å². The molecule has 1 unspecified atom stereocenters. The molecule has 1 atom stereocenters. The fraction of sp³-hybridized carbons (Fsp3) is 0.320. The predicted molar refractivity (Wildman–Crippen MR) is 118 cm³/mol. The summed E-state index contributed by atoms with van der Waals surface area (Å²) in [7, 11) is 0. The van der Waals surface area contributed by atoms with Crippen LogP contribution < -0.4 is 0 Å². The fourth-order valence-electron chi connectivity index (χ4n) is 4.42. The number of likely N-dealkylation sites (tertiary alicyclic amines) is 1. The first-order valence-corrected chi connectivity index (χ1v) is 10.9. The van der Waals surface area contributed by atoms with Gasteiger partial charge in [-0.15, -0.1) is 10.2 Å². The lowest BCUT2D eigenvalue weighted by Gasteiger charge is -2.22. The van der Waals surface area contributed by atoms with E-state index in [1.54, 1.807) is 0 Å². The molecule has 0 aliphatic carbocycles. The summed E-state index contributed by atoms with van der Waals surface area (Å²) < 4.78 is 11.5. The second-order valence-electron chi connectivity index (χ2n) is 8.12. The van der Waals surface area contributed by atoms with Gasteiger partial charge in [-0.3, -0.25) is 4.90 Å². The second-order valence-corrected chi connectivity index (χ2v) is 8.12. The van der Waals surface area contributed by atoms with Crippen molar-refractivity contribution in [1.29, 1.82) is 0 Å². The predicted octanol–water partition coefficient (Wildman–Crippen LogP) is 5.30. The van der Waals surface area contributed by atoms with Gasteiger partial charge in [-0.1, -0.05) is 65.8 Å². The third kappa shape index (κ3) is 4.30. The van der Waals surface area contributed by atoms with Crippen LogP contribution in [0, 0.1) is 6.92 Å². The number of hydrogen-bond acceptors (Lipinski definition) is 6. The van der Waals surface area contributed by atoms with Crippen LogP contribution in [0.25, 0.3) is 22.7 Å². The molecule has 2 aromatic heterocycles. The third-order valence-electron chi connectivity index (χ3n) is 6.04. The summed E-state index contributed by atoms with van der Waals surface area (Å²) in [5.74, 6) is 1.78. The van der Waals surface area contributed by atoms with E-state index < -0.39 is 0 Å². The number of nitrogens with zero attached hydrogens (tertiary/aromatic N) is 4. The zero-order chi connectivity index (χ0) is 21.0. The molecule has 158 valence electrons. The lowest BCUT2D eigenvalue weighted by molar-refractivity contribution is 0.213. The fourth-order valence-corrected chi connectivity index (χ4v) is 4.42. The van der Waals surface area contributed by atoms with E-state index in [0.717, 1.165) is 36.2 Å². The molecule has 2 aromatic carbocycles. The molecule has 1 aliphatic heterocycles. The topological polar surface area (TPSA) is 68.2 Å². The highest BCUT2D eigenvalue weighted by Gasteiger charge is 2.27. The molecule has 0 N–H and O–H groups in total. The van der Waals surface area contributed by atoms with Gasteiger partial charge in [0.05, 0.1) is 6.54 Å². The largest absolute Gasteiger partial charge is 0.419 e. The van der Waals surface area contributed by atoms with Gasteiger partial charge >= 0.3 is 0 Å². The van der Waals surface area contributed by atoms with Gasteiger partial charge in [0.1, 0.15) is 17.0 Å². The van der Waals surface area contributed by atoms with Gasteiger partial charge in [0, 0.05) is 11.6 Å². The van der Waals surface area contributed by atoms with E-state index in [2.05, 4.69) is 50.6 Å². The molecule has 0 amide bonds. The summed E-state index contributed by atoms with van der Waals surface area (Å²) in [4.78, 5) is 2.47. The molecule has 3 heterocycles. The van der Waals surface area contributed by atoms with Crippen LogP contribution in [-0.4, -0.2) is 32.8 Å². The molecular formula is C25H26N4O2. The molecule has 6 nitrogen and oxygen atoms in total. The van der Waals surface area contributed by atoms with Gasteiger partial charge in [-0.25, -0.2) is 0 Å². The summed E-state index contributed by atoms with van der Waals surface area (Å²) in [5, 5.41) is 12.9. The number of aromatic nitrogens is 3. The van der Waals surface area contributed by atoms with Crippen molar-refractivity contribution in [3.8, 4) is 22.7 Å². The average molecular weight is 415 g/mol. The van der Waals surface area contributed by atoms with E-state index in [4.69, 9.17) is 8.94 Å². The van der Waals surface area contributed by atoms with Crippen molar-refractivity contribution in [1.82, 2.24) is 20.3 Å². The molecule has 5 rings (SSSR count). The molecule has 4 aromatic rings. The maximum absolute atomic E-state index is 6.08. The summed E-state index contributed by atoms with van der Waals surface area (Å²) in [5.41, 5.74) is 3.86. The number of hydrogen-bond donors (Lipinski definition) is 0. The van der Waals surface area contributed by atoms with Crippen molar-refractivity contribution in [2.45, 2.75) is 45.2 Å². The molecule has 1 fully saturated rings. The average Bonchev–Trinajstić information content (AvgIpc) is 3.54. The highest BCUT2D eigenvalue weighted by molar-refractivity contribution is 5.77. The Morgan fingerprint density at radius 2 is 1.77 bits per heavy atom. The van der Waals surface area contributed by atoms with Crippen molar-refractivity contribution in [3.63, 3.8) is 0 Å². The van der Waals surface area contributed by atoms with Crippen molar-refractivity contribution in [2.24, 2.45) is 0 Å². The molecule has 0 bridgehead atoms. The molecular weight excluding hydrogens is 388 g/mol. The van der Waals surface area contributed by atoms with Gasteiger partial charge in [-0.2, -0.15) is 0 Å². The quantitative estimate of drug-likeness (QED) is 0.409. The van der Waals surface area contributed by atoms with Crippen molar-refractivity contribution in [2.75, 3.05) is 6.54 Å². The van der Waals surface area contributed by atoms with Crippen LogP contribution in [-0.2, 0) is 13.0 Å². The minimum atomic E-state index is 0.465. The first-order chi connectivity index (χ1) is 15.3. The van der Waals surface area contributed by atoms with Crippen molar-refractivity contribution < 1.29 is 8.94 Å². The Balaban J connectivity index is 1.30. The van der Waals surface area contributed by atoms with Gasteiger partial charge in [-0.05, 0) is 44.7 Å². The van der Waals surface area contributed by atoms with Gasteiger partial charge in [0.15, 0.2) is 0 Å². The number of benzene rings is 2. The van der Waals surface area contributed by atoms with E-state index >= 15 is 0 Å². The van der Waals surface area contributed by atoms with Crippen LogP contribution in [0.1, 0.15) is 36.5 Å². The van der Waals surface area contributed by atoms with Crippen molar-refractivity contribution in [3.05, 3.63) is 77.9 Å².